The first-order valence-electron chi connectivity index (χ1n) is 4.57. The van der Waals surface area contributed by atoms with E-state index in [0.717, 1.165) is 0 Å². The number of para-hydroxylation sites is 1. The molecule has 1 N–H and O–H groups in total. The molecule has 1 amide bonds. The number of halogens is 3. The molecule has 0 aliphatic carbocycles. The molecular formula is C10H6F3NO3. The van der Waals surface area contributed by atoms with Crippen LogP contribution in [0, 0.1) is 0 Å². The number of rotatable bonds is 2. The number of carbonyl (C=O) groups excluding carboxylic acids is 2. The third kappa shape index (κ3) is 2.22. The zero-order valence-corrected chi connectivity index (χ0v) is 8.30. The average Bonchev–Trinajstić information content (AvgIpc) is 2.52. The van der Waals surface area contributed by atoms with Crippen LogP contribution in [-0.2, 0) is 4.79 Å². The molecule has 0 unspecified atom stereocenters. The molecule has 2 rings (SSSR count). The largest absolute Gasteiger partial charge is 0.482 e. The number of benzene rings is 1. The summed E-state index contributed by atoms with van der Waals surface area (Å²) in [6, 6.07) is 3.95. The minimum Gasteiger partial charge on any atom is -0.482 e. The molecule has 1 aliphatic heterocycles. The van der Waals surface area contributed by atoms with Gasteiger partial charge in [-0.2, -0.15) is 13.2 Å². The Morgan fingerprint density at radius 2 is 1.94 bits per heavy atom. The number of nitrogens with one attached hydrogen (secondary N) is 1. The van der Waals surface area contributed by atoms with Crippen molar-refractivity contribution in [2.24, 2.45) is 0 Å². The van der Waals surface area contributed by atoms with E-state index in [1.165, 1.54) is 18.2 Å². The molecule has 4 nitrogen and oxygen atoms in total. The van der Waals surface area contributed by atoms with E-state index in [9.17, 15) is 22.8 Å². The number of fused-ring (bicyclic) bond motifs is 1. The Bertz CT molecular complexity index is 496. The highest BCUT2D eigenvalue weighted by atomic mass is 19.4. The summed E-state index contributed by atoms with van der Waals surface area (Å²) in [5.74, 6) is -1.82. The van der Waals surface area contributed by atoms with Gasteiger partial charge in [-0.3, -0.25) is 9.59 Å². The number of amides is 1. The number of ketones is 1. The van der Waals surface area contributed by atoms with Crippen molar-refractivity contribution in [1.29, 1.82) is 0 Å². The Kier molecular flexibility index (Phi) is 2.53. The molecule has 7 heteroatoms. The number of hydrogen-bond acceptors (Lipinski definition) is 3. The highest BCUT2D eigenvalue weighted by Crippen LogP contribution is 2.33. The van der Waals surface area contributed by atoms with Gasteiger partial charge in [-0.1, -0.05) is 6.07 Å². The molecule has 0 atom stereocenters. The van der Waals surface area contributed by atoms with Crippen molar-refractivity contribution in [2.75, 3.05) is 11.9 Å². The summed E-state index contributed by atoms with van der Waals surface area (Å²) in [7, 11) is 0. The maximum absolute atomic E-state index is 12.0. The van der Waals surface area contributed by atoms with Crippen molar-refractivity contribution in [2.45, 2.75) is 6.18 Å². The lowest BCUT2D eigenvalue weighted by molar-refractivity contribution is -0.153. The van der Waals surface area contributed by atoms with Crippen LogP contribution in [0.4, 0.5) is 18.9 Å². The van der Waals surface area contributed by atoms with Crippen LogP contribution >= 0.6 is 0 Å². The average molecular weight is 245 g/mol. The van der Waals surface area contributed by atoms with Crippen LogP contribution in [0.3, 0.4) is 0 Å². The Labute approximate surface area is 93.4 Å². The van der Waals surface area contributed by atoms with Gasteiger partial charge < -0.3 is 10.1 Å². The Morgan fingerprint density at radius 3 is 2.59 bits per heavy atom. The van der Waals surface area contributed by atoms with Gasteiger partial charge in [-0.15, -0.1) is 0 Å². The highest BCUT2D eigenvalue weighted by Gasteiger charge is 2.33. The van der Waals surface area contributed by atoms with Crippen LogP contribution in [0.1, 0.15) is 10.4 Å². The van der Waals surface area contributed by atoms with Gasteiger partial charge in [0.2, 0.25) is 0 Å². The van der Waals surface area contributed by atoms with E-state index >= 15 is 0 Å². The quantitative estimate of drug-likeness (QED) is 0.808. The molecule has 1 heterocycles. The van der Waals surface area contributed by atoms with Crippen LogP contribution in [0.25, 0.3) is 0 Å². The van der Waals surface area contributed by atoms with Gasteiger partial charge in [-0.25, -0.2) is 0 Å². The molecule has 0 radical (unpaired) electrons. The molecule has 0 saturated heterocycles. The smallest absolute Gasteiger partial charge is 0.422 e. The topological polar surface area (TPSA) is 55.4 Å². The summed E-state index contributed by atoms with van der Waals surface area (Å²) in [6.07, 6.45) is -4.48. The van der Waals surface area contributed by atoms with E-state index in [2.05, 4.69) is 10.1 Å². The number of hydrogen-bond donors (Lipinski definition) is 1. The van der Waals surface area contributed by atoms with E-state index in [0.29, 0.717) is 0 Å². The Balaban J connectivity index is 2.27. The number of alkyl halides is 3. The van der Waals surface area contributed by atoms with Crippen molar-refractivity contribution in [3.05, 3.63) is 23.8 Å². The van der Waals surface area contributed by atoms with E-state index in [1.54, 1.807) is 0 Å². The first kappa shape index (κ1) is 11.4. The third-order valence-electron chi connectivity index (χ3n) is 2.11. The number of carbonyl (C=O) groups is 2. The summed E-state index contributed by atoms with van der Waals surface area (Å²) < 4.78 is 40.4. The fourth-order valence-electron chi connectivity index (χ4n) is 1.42. The lowest BCUT2D eigenvalue weighted by Gasteiger charge is -2.11. The van der Waals surface area contributed by atoms with Gasteiger partial charge in [0, 0.05) is 0 Å². The molecule has 17 heavy (non-hydrogen) atoms. The monoisotopic (exact) mass is 245 g/mol. The molecular weight excluding hydrogens is 239 g/mol. The van der Waals surface area contributed by atoms with Crippen LogP contribution < -0.4 is 10.1 Å². The standard InChI is InChI=1S/C10H6F3NO3/c11-10(12,13)4-17-6-3-1-2-5-7(6)14-9(16)8(5)15/h1-3H,4H2,(H,14,15,16). The second-order valence-corrected chi connectivity index (χ2v) is 3.37. The minimum atomic E-state index is -4.48. The van der Waals surface area contributed by atoms with Gasteiger partial charge >= 0.3 is 6.18 Å². The predicted octanol–water partition coefficient (Wildman–Crippen LogP) is 1.76. The molecule has 0 aromatic heterocycles. The van der Waals surface area contributed by atoms with Crippen molar-refractivity contribution in [1.82, 2.24) is 0 Å². The van der Waals surface area contributed by atoms with Crippen LogP contribution in [0.15, 0.2) is 18.2 Å². The minimum absolute atomic E-state index is 0.00764. The fourth-order valence-corrected chi connectivity index (χ4v) is 1.42. The van der Waals surface area contributed by atoms with Gasteiger partial charge in [0.25, 0.3) is 11.7 Å². The number of ether oxygens (including phenoxy) is 1. The first-order valence-corrected chi connectivity index (χ1v) is 4.57. The SMILES string of the molecule is O=C1Nc2c(OCC(F)(F)F)cccc2C1=O. The van der Waals surface area contributed by atoms with Crippen molar-refractivity contribution >= 4 is 17.4 Å². The van der Waals surface area contributed by atoms with Crippen LogP contribution in [0.5, 0.6) is 5.75 Å². The summed E-state index contributed by atoms with van der Waals surface area (Å²) in [6.45, 7) is -1.48. The Morgan fingerprint density at radius 1 is 1.24 bits per heavy atom. The van der Waals surface area contributed by atoms with Crippen molar-refractivity contribution in [3.8, 4) is 5.75 Å². The lowest BCUT2D eigenvalue weighted by atomic mass is 10.1. The van der Waals surface area contributed by atoms with E-state index < -0.39 is 24.5 Å². The van der Waals surface area contributed by atoms with Crippen LogP contribution in [0.2, 0.25) is 0 Å². The van der Waals surface area contributed by atoms with E-state index in [1.807, 2.05) is 0 Å². The fraction of sp³-hybridized carbons (Fsp3) is 0.200. The zero-order chi connectivity index (χ0) is 12.6. The molecule has 1 aliphatic rings. The molecule has 1 aromatic carbocycles. The summed E-state index contributed by atoms with van der Waals surface area (Å²) >= 11 is 0. The number of anilines is 1. The van der Waals surface area contributed by atoms with Crippen LogP contribution in [-0.4, -0.2) is 24.5 Å². The maximum Gasteiger partial charge on any atom is 0.422 e. The second-order valence-electron chi connectivity index (χ2n) is 3.37. The van der Waals surface area contributed by atoms with Crippen molar-refractivity contribution < 1.29 is 27.5 Å². The molecule has 0 spiro atoms. The predicted molar refractivity (Wildman–Crippen MR) is 51.0 cm³/mol. The summed E-state index contributed by atoms with van der Waals surface area (Å²) in [4.78, 5) is 22.3. The lowest BCUT2D eigenvalue weighted by Crippen LogP contribution is -2.19. The molecule has 0 fully saturated rings. The summed E-state index contributed by atoms with van der Waals surface area (Å²) in [5.41, 5.74) is 0.0152. The first-order chi connectivity index (χ1) is 7.88. The number of Topliss-reactive ketones (excluding diaryl/α,β-unsaturated/α-hetero) is 1. The highest BCUT2D eigenvalue weighted by molar-refractivity contribution is 6.52. The zero-order valence-electron chi connectivity index (χ0n) is 8.30. The van der Waals surface area contributed by atoms with Gasteiger partial charge in [0.05, 0.1) is 11.3 Å². The van der Waals surface area contributed by atoms with Crippen molar-refractivity contribution in [3.63, 3.8) is 0 Å². The van der Waals surface area contributed by atoms with Gasteiger partial charge in [-0.05, 0) is 12.1 Å². The van der Waals surface area contributed by atoms with E-state index in [-0.39, 0.29) is 17.0 Å². The van der Waals surface area contributed by atoms with Gasteiger partial charge in [0.15, 0.2) is 6.61 Å². The Hall–Kier alpha value is -2.05. The third-order valence-corrected chi connectivity index (χ3v) is 2.11. The normalized spacial score (nSPS) is 14.5. The van der Waals surface area contributed by atoms with Gasteiger partial charge in [0.1, 0.15) is 5.75 Å². The molecule has 0 bridgehead atoms. The molecule has 0 saturated carbocycles. The maximum atomic E-state index is 12.0. The van der Waals surface area contributed by atoms with E-state index in [4.69, 9.17) is 0 Å². The molecule has 1 aromatic rings. The molecule has 90 valence electrons. The second kappa shape index (κ2) is 3.76. The summed E-state index contributed by atoms with van der Waals surface area (Å²) in [5, 5.41) is 2.17.